The summed E-state index contributed by atoms with van der Waals surface area (Å²) in [6, 6.07) is 41.1. The number of rotatable bonds is 7. The third-order valence-electron chi connectivity index (χ3n) is 16.7. The van der Waals surface area contributed by atoms with Crippen LogP contribution in [0.5, 0.6) is 0 Å². The molecule has 63 heavy (non-hydrogen) atoms. The molecule has 328 valence electrons. The van der Waals surface area contributed by atoms with Crippen LogP contribution in [0.1, 0.15) is 131 Å². The Bertz CT molecular complexity index is 2410. The van der Waals surface area contributed by atoms with Crippen LogP contribution in [-0.4, -0.2) is 9.52 Å². The predicted molar refractivity (Wildman–Crippen MR) is 272 cm³/mol. The van der Waals surface area contributed by atoms with Crippen LogP contribution < -0.4 is 0 Å². The molecule has 8 aliphatic rings. The summed E-state index contributed by atoms with van der Waals surface area (Å²) >= 11 is -0.826. The second kappa shape index (κ2) is 19.6. The van der Waals surface area contributed by atoms with Gasteiger partial charge >= 0.3 is 37.9 Å². The molecule has 6 aromatic rings. The second-order valence-corrected chi connectivity index (χ2v) is 27.1. The van der Waals surface area contributed by atoms with Crippen LogP contribution >= 0.6 is 17.0 Å². The van der Waals surface area contributed by atoms with Crippen molar-refractivity contribution in [2.24, 2.45) is 35.5 Å². The van der Waals surface area contributed by atoms with Gasteiger partial charge in [0.25, 0.3) is 0 Å². The molecular weight excluding hydrogens is 899 g/mol. The standard InChI is InChI=1S/C28H31.C27H29.C4H10Si.2ClH.Zr/c1-3-19-13-24-8-18(2)9-26(27(24)14-19)23-4-6-25(7-5-23)28-15-20-10-21(16-28)12-22(11-20)17-28;1-17-7-23-8-18(2)10-26(23)25(9-17)22-3-5-24(6-4-22)27-14-19-11-20(15-27)13-21(12-19)16-27;1-3-5-4-2;;;/h4-9,13-14,20-22H,3,10-12,15-17H2,1-2H3;3-10,19-21H,11-16H2,1-2H3;3-4H2,1-2H3;2*1H;/q2*-1;;;;+4/p-2. The fraction of sp³-hybridized carbons (Fsp3) is 0.492. The summed E-state index contributed by atoms with van der Waals surface area (Å²) in [4.78, 5) is 0. The quantitative estimate of drug-likeness (QED) is 0.110. The van der Waals surface area contributed by atoms with Crippen molar-refractivity contribution in [2.75, 3.05) is 0 Å². The van der Waals surface area contributed by atoms with Crippen LogP contribution in [0.4, 0.5) is 0 Å². The summed E-state index contributed by atoms with van der Waals surface area (Å²) in [6.45, 7) is 13.3. The molecule has 14 rings (SSSR count). The Morgan fingerprint density at radius 1 is 0.524 bits per heavy atom. The summed E-state index contributed by atoms with van der Waals surface area (Å²) in [7, 11) is 11.1. The summed E-state index contributed by atoms with van der Waals surface area (Å²) in [5.74, 6) is 6.08. The van der Waals surface area contributed by atoms with E-state index in [4.69, 9.17) is 17.0 Å². The van der Waals surface area contributed by atoms with Crippen LogP contribution in [0, 0.1) is 56.3 Å². The van der Waals surface area contributed by atoms with E-state index in [9.17, 15) is 0 Å². The van der Waals surface area contributed by atoms with Crippen molar-refractivity contribution in [3.63, 3.8) is 0 Å². The molecule has 0 unspecified atom stereocenters. The zero-order valence-electron chi connectivity index (χ0n) is 39.1. The van der Waals surface area contributed by atoms with Crippen LogP contribution in [0.15, 0.2) is 97.1 Å². The van der Waals surface area contributed by atoms with Gasteiger partial charge in [0.15, 0.2) is 0 Å². The molecule has 0 N–H and O–H groups in total. The number of aryl methyl sites for hydroxylation is 4. The summed E-state index contributed by atoms with van der Waals surface area (Å²) < 4.78 is 0. The minimum atomic E-state index is -0.826. The molecule has 8 bridgehead atoms. The van der Waals surface area contributed by atoms with E-state index in [1.54, 1.807) is 11.1 Å². The summed E-state index contributed by atoms with van der Waals surface area (Å²) in [5, 5.41) is 5.61. The number of halogens is 2. The number of hydrogen-bond donors (Lipinski definition) is 0. The van der Waals surface area contributed by atoms with Gasteiger partial charge in [-0.25, -0.2) is 0 Å². The Kier molecular flexibility index (Phi) is 14.2. The van der Waals surface area contributed by atoms with E-state index >= 15 is 0 Å². The van der Waals surface area contributed by atoms with Crippen LogP contribution in [0.3, 0.4) is 0 Å². The molecule has 0 aromatic heterocycles. The SMILES string of the molecule is CC[Si]CC.CCc1cc2c(-c3ccc(C45CC6CC(CC(C6)C4)C5)cc3)cc(C)cc2[cH-]1.Cc1cc(-c2ccc(C34CC5CC(CC(C5)C3)C4)cc2)c2cc(C)[cH-]c2c1.[Cl][Zr+2][Cl]. The zero-order valence-corrected chi connectivity index (χ0v) is 44.0. The fourth-order valence-corrected chi connectivity index (χ4v) is 15.5. The molecule has 4 heteroatoms. The molecular formula is C59H70Cl2SiZr. The van der Waals surface area contributed by atoms with E-state index in [1.165, 1.54) is 165 Å². The van der Waals surface area contributed by atoms with Gasteiger partial charge in [-0.2, -0.15) is 12.1 Å². The third-order valence-corrected chi connectivity index (χ3v) is 17.7. The van der Waals surface area contributed by atoms with Crippen molar-refractivity contribution in [1.82, 2.24) is 0 Å². The van der Waals surface area contributed by atoms with E-state index in [0.717, 1.165) is 41.9 Å². The number of hydrogen-bond acceptors (Lipinski definition) is 0. The molecule has 6 aromatic carbocycles. The van der Waals surface area contributed by atoms with Crippen LogP contribution in [0.25, 0.3) is 43.8 Å². The Hall–Kier alpha value is -2.22. The van der Waals surface area contributed by atoms with Crippen molar-refractivity contribution in [3.05, 3.63) is 130 Å². The molecule has 0 nitrogen and oxygen atoms in total. The molecule has 0 amide bonds. The molecule has 8 saturated carbocycles. The first kappa shape index (κ1) is 45.9. The fourth-order valence-electron chi connectivity index (χ4n) is 15.0. The van der Waals surface area contributed by atoms with Crippen molar-refractivity contribution in [3.8, 4) is 22.3 Å². The Balaban J connectivity index is 0.000000137. The van der Waals surface area contributed by atoms with Gasteiger partial charge in [-0.3, -0.25) is 0 Å². The number of fused-ring (bicyclic) bond motifs is 2. The van der Waals surface area contributed by atoms with Crippen molar-refractivity contribution < 1.29 is 20.8 Å². The van der Waals surface area contributed by atoms with Gasteiger partial charge < -0.3 is 0 Å². The molecule has 0 spiro atoms. The molecule has 8 fully saturated rings. The maximum atomic E-state index is 4.93. The zero-order chi connectivity index (χ0) is 43.9. The van der Waals surface area contributed by atoms with E-state index in [1.807, 2.05) is 0 Å². The summed E-state index contributed by atoms with van der Waals surface area (Å²) in [5.41, 5.74) is 15.4. The number of benzene rings is 4. The molecule has 0 atom stereocenters. The Morgan fingerprint density at radius 3 is 1.24 bits per heavy atom. The predicted octanol–water partition coefficient (Wildman–Crippen LogP) is 17.8. The van der Waals surface area contributed by atoms with E-state index in [2.05, 4.69) is 139 Å². The first-order chi connectivity index (χ1) is 30.5. The Morgan fingerprint density at radius 2 is 0.889 bits per heavy atom. The maximum absolute atomic E-state index is 4.93. The van der Waals surface area contributed by atoms with Gasteiger partial charge in [-0.15, -0.1) is 56.9 Å². The summed E-state index contributed by atoms with van der Waals surface area (Å²) in [6.07, 6.45) is 19.0. The third kappa shape index (κ3) is 9.65. The molecule has 0 aliphatic heterocycles. The molecule has 0 heterocycles. The van der Waals surface area contributed by atoms with Crippen molar-refractivity contribution in [1.29, 1.82) is 0 Å². The van der Waals surface area contributed by atoms with E-state index in [-0.39, 0.29) is 0 Å². The van der Waals surface area contributed by atoms with E-state index in [0.29, 0.717) is 10.8 Å². The normalized spacial score (nSPS) is 28.2. The van der Waals surface area contributed by atoms with Gasteiger partial charge in [-0.1, -0.05) is 123 Å². The van der Waals surface area contributed by atoms with Crippen LogP contribution in [-0.2, 0) is 38.1 Å². The van der Waals surface area contributed by atoms with Crippen LogP contribution in [0.2, 0.25) is 12.1 Å². The van der Waals surface area contributed by atoms with Gasteiger partial charge in [0.2, 0.25) is 0 Å². The first-order valence-electron chi connectivity index (χ1n) is 24.8. The van der Waals surface area contributed by atoms with Gasteiger partial charge in [0.05, 0.1) is 0 Å². The second-order valence-electron chi connectivity index (χ2n) is 21.5. The molecule has 8 aliphatic carbocycles. The Labute approximate surface area is 401 Å². The van der Waals surface area contributed by atoms with Gasteiger partial charge in [0.1, 0.15) is 0 Å². The van der Waals surface area contributed by atoms with Crippen molar-refractivity contribution >= 4 is 48.1 Å². The average Bonchev–Trinajstić information content (AvgIpc) is 3.85. The molecule has 0 saturated heterocycles. The van der Waals surface area contributed by atoms with Gasteiger partial charge in [0, 0.05) is 9.52 Å². The van der Waals surface area contributed by atoms with Crippen molar-refractivity contribution in [2.45, 2.75) is 148 Å². The van der Waals surface area contributed by atoms with E-state index < -0.39 is 20.8 Å². The monoisotopic (exact) mass is 966 g/mol. The molecule has 2 radical (unpaired) electrons. The van der Waals surface area contributed by atoms with Gasteiger partial charge in [-0.05, 0) is 166 Å². The minimum absolute atomic E-state index is 0.505. The average molecular weight is 969 g/mol. The topological polar surface area (TPSA) is 0 Å². The first-order valence-corrected chi connectivity index (χ1v) is 32.5.